The second kappa shape index (κ2) is 8.58. The highest BCUT2D eigenvalue weighted by Gasteiger charge is 2.19. The minimum atomic E-state index is -0.644. The first-order valence-corrected chi connectivity index (χ1v) is 9.42. The van der Waals surface area contributed by atoms with Gasteiger partial charge in [0.2, 0.25) is 5.88 Å². The number of aromatic nitrogens is 1. The van der Waals surface area contributed by atoms with Crippen molar-refractivity contribution in [1.29, 1.82) is 0 Å². The molecule has 2 aromatic heterocycles. The van der Waals surface area contributed by atoms with Crippen molar-refractivity contribution >= 4 is 22.8 Å². The first kappa shape index (κ1) is 20.0. The van der Waals surface area contributed by atoms with Crippen molar-refractivity contribution in [2.45, 2.75) is 6.54 Å². The predicted molar refractivity (Wildman–Crippen MR) is 113 cm³/mol. The number of methoxy groups -OCH3 is 1. The lowest BCUT2D eigenvalue weighted by molar-refractivity contribution is 0.0944. The third-order valence-electron chi connectivity index (χ3n) is 4.61. The smallest absolute Gasteiger partial charge is 0.257 e. The zero-order valence-electron chi connectivity index (χ0n) is 16.6. The van der Waals surface area contributed by atoms with Crippen LogP contribution in [0.4, 0.5) is 0 Å². The number of furan rings is 1. The quantitative estimate of drug-likeness (QED) is 0.474. The van der Waals surface area contributed by atoms with Crippen LogP contribution in [0, 0.1) is 0 Å². The molecule has 0 radical (unpaired) electrons. The number of nitrogens with zero attached hydrogens (tertiary/aromatic N) is 1. The van der Waals surface area contributed by atoms with Gasteiger partial charge in [0.1, 0.15) is 16.9 Å². The summed E-state index contributed by atoms with van der Waals surface area (Å²) in [7, 11) is 1.55. The van der Waals surface area contributed by atoms with E-state index in [9.17, 15) is 9.59 Å². The Balaban J connectivity index is 1.56. The summed E-state index contributed by atoms with van der Waals surface area (Å²) in [5, 5.41) is 3.61. The molecule has 156 valence electrons. The number of nitrogens with two attached hydrogens (primary N) is 1. The topological polar surface area (TPSA) is 117 Å². The Labute approximate surface area is 177 Å². The van der Waals surface area contributed by atoms with Crippen LogP contribution in [0.25, 0.3) is 11.0 Å². The Hall–Kier alpha value is -4.33. The van der Waals surface area contributed by atoms with E-state index < -0.39 is 11.8 Å². The number of nitrogens with one attached hydrogen (secondary N) is 1. The molecule has 0 spiro atoms. The van der Waals surface area contributed by atoms with E-state index in [2.05, 4.69) is 10.3 Å². The number of rotatable bonds is 7. The summed E-state index contributed by atoms with van der Waals surface area (Å²) in [5.74, 6) is 0.236. The number of ether oxygens (including phenoxy) is 2. The van der Waals surface area contributed by atoms with Crippen LogP contribution >= 0.6 is 0 Å². The number of benzene rings is 2. The summed E-state index contributed by atoms with van der Waals surface area (Å²) < 4.78 is 17.0. The van der Waals surface area contributed by atoms with E-state index in [0.717, 1.165) is 5.39 Å². The molecule has 0 aliphatic carbocycles. The molecule has 4 aromatic rings. The number of primary amides is 1. The van der Waals surface area contributed by atoms with Crippen LogP contribution in [0.5, 0.6) is 17.4 Å². The van der Waals surface area contributed by atoms with E-state index in [0.29, 0.717) is 17.1 Å². The summed E-state index contributed by atoms with van der Waals surface area (Å²) in [6.45, 7) is 0.100. The average Bonchev–Trinajstić information content (AvgIpc) is 3.15. The zero-order chi connectivity index (χ0) is 21.8. The van der Waals surface area contributed by atoms with Crippen LogP contribution in [0.2, 0.25) is 0 Å². The van der Waals surface area contributed by atoms with Crippen molar-refractivity contribution in [3.05, 3.63) is 83.7 Å². The first-order valence-electron chi connectivity index (χ1n) is 9.42. The zero-order valence-corrected chi connectivity index (χ0v) is 16.6. The molecule has 2 heterocycles. The van der Waals surface area contributed by atoms with Gasteiger partial charge in [-0.05, 0) is 36.4 Å². The van der Waals surface area contributed by atoms with Crippen LogP contribution in [-0.2, 0) is 6.54 Å². The molecule has 0 atom stereocenters. The highest BCUT2D eigenvalue weighted by atomic mass is 16.5. The van der Waals surface area contributed by atoms with E-state index >= 15 is 0 Å². The molecular formula is C23H19N3O5. The van der Waals surface area contributed by atoms with Crippen LogP contribution in [-0.4, -0.2) is 23.9 Å². The Bertz CT molecular complexity index is 1270. The standard InChI is InChI=1S/C23H19N3O5/c1-29-20-14-7-2-4-10-17(14)30-19(20)13-26-22(28)16-9-6-12-25-23(16)31-18-11-5-3-8-15(18)21(24)27/h2-12H,13H2,1H3,(H2,24,27)(H,26,28). The number of para-hydroxylation sites is 2. The van der Waals surface area contributed by atoms with E-state index in [1.54, 1.807) is 37.4 Å². The number of carbonyl (C=O) groups excluding carboxylic acids is 2. The molecule has 0 saturated heterocycles. The minimum absolute atomic E-state index is 0.0465. The maximum atomic E-state index is 12.9. The van der Waals surface area contributed by atoms with Crippen molar-refractivity contribution in [3.63, 3.8) is 0 Å². The fourth-order valence-electron chi connectivity index (χ4n) is 3.18. The molecule has 8 nitrogen and oxygen atoms in total. The van der Waals surface area contributed by atoms with Gasteiger partial charge in [-0.15, -0.1) is 0 Å². The lowest BCUT2D eigenvalue weighted by Gasteiger charge is -2.12. The van der Waals surface area contributed by atoms with Crippen LogP contribution in [0.3, 0.4) is 0 Å². The van der Waals surface area contributed by atoms with Crippen LogP contribution < -0.4 is 20.5 Å². The molecule has 4 rings (SSSR count). The molecule has 31 heavy (non-hydrogen) atoms. The van der Waals surface area contributed by atoms with Crippen molar-refractivity contribution in [1.82, 2.24) is 10.3 Å². The third kappa shape index (κ3) is 4.04. The van der Waals surface area contributed by atoms with E-state index in [4.69, 9.17) is 19.6 Å². The Morgan fingerprint density at radius 3 is 2.58 bits per heavy atom. The fraction of sp³-hybridized carbons (Fsp3) is 0.0870. The monoisotopic (exact) mass is 417 g/mol. The predicted octanol–water partition coefficient (Wildman–Crippen LogP) is 3.66. The number of fused-ring (bicyclic) bond motifs is 1. The van der Waals surface area contributed by atoms with Gasteiger partial charge in [0.15, 0.2) is 11.5 Å². The normalized spacial score (nSPS) is 10.6. The van der Waals surface area contributed by atoms with Gasteiger partial charge in [-0.1, -0.05) is 24.3 Å². The Kier molecular flexibility index (Phi) is 5.53. The maximum Gasteiger partial charge on any atom is 0.257 e. The SMILES string of the molecule is COc1c(CNC(=O)c2cccnc2Oc2ccccc2C(N)=O)oc2ccccc12. The average molecular weight is 417 g/mol. The van der Waals surface area contributed by atoms with E-state index in [1.807, 2.05) is 24.3 Å². The number of hydrogen-bond donors (Lipinski definition) is 2. The molecule has 0 aliphatic rings. The molecule has 2 amide bonds. The van der Waals surface area contributed by atoms with E-state index in [-0.39, 0.29) is 29.3 Å². The van der Waals surface area contributed by atoms with Gasteiger partial charge in [-0.2, -0.15) is 0 Å². The third-order valence-corrected chi connectivity index (χ3v) is 4.61. The van der Waals surface area contributed by atoms with Crippen LogP contribution in [0.1, 0.15) is 26.5 Å². The Morgan fingerprint density at radius 1 is 1.03 bits per heavy atom. The highest BCUT2D eigenvalue weighted by Crippen LogP contribution is 2.33. The molecule has 0 saturated carbocycles. The van der Waals surface area contributed by atoms with Gasteiger partial charge in [0.25, 0.3) is 11.8 Å². The van der Waals surface area contributed by atoms with Crippen molar-refractivity contribution in [2.75, 3.05) is 7.11 Å². The van der Waals surface area contributed by atoms with Gasteiger partial charge >= 0.3 is 0 Å². The van der Waals surface area contributed by atoms with Crippen molar-refractivity contribution < 1.29 is 23.5 Å². The lowest BCUT2D eigenvalue weighted by Crippen LogP contribution is -2.23. The fourth-order valence-corrected chi connectivity index (χ4v) is 3.18. The molecule has 3 N–H and O–H groups in total. The van der Waals surface area contributed by atoms with Gasteiger partial charge in [-0.3, -0.25) is 9.59 Å². The number of amides is 2. The van der Waals surface area contributed by atoms with Crippen molar-refractivity contribution in [2.24, 2.45) is 5.73 Å². The van der Waals surface area contributed by atoms with Gasteiger partial charge in [0, 0.05) is 6.20 Å². The molecule has 8 heteroatoms. The molecular weight excluding hydrogens is 398 g/mol. The summed E-state index contributed by atoms with van der Waals surface area (Å²) in [4.78, 5) is 28.6. The molecule has 0 aliphatic heterocycles. The summed E-state index contributed by atoms with van der Waals surface area (Å²) in [6, 6.07) is 17.1. The largest absolute Gasteiger partial charge is 0.492 e. The highest BCUT2D eigenvalue weighted by molar-refractivity contribution is 5.97. The first-order chi connectivity index (χ1) is 15.1. The van der Waals surface area contributed by atoms with E-state index in [1.165, 1.54) is 12.3 Å². The second-order valence-corrected chi connectivity index (χ2v) is 6.56. The van der Waals surface area contributed by atoms with Crippen LogP contribution in [0.15, 0.2) is 71.3 Å². The van der Waals surface area contributed by atoms with Gasteiger partial charge in [-0.25, -0.2) is 4.98 Å². The second-order valence-electron chi connectivity index (χ2n) is 6.56. The number of pyridine rings is 1. The number of carbonyl (C=O) groups is 2. The molecule has 2 aromatic carbocycles. The molecule has 0 fully saturated rings. The summed E-state index contributed by atoms with van der Waals surface area (Å²) in [5.41, 5.74) is 6.44. The minimum Gasteiger partial charge on any atom is -0.492 e. The van der Waals surface area contributed by atoms with Gasteiger partial charge in [0.05, 0.1) is 24.6 Å². The molecule has 0 unspecified atom stereocenters. The lowest BCUT2D eigenvalue weighted by atomic mass is 10.2. The Morgan fingerprint density at radius 2 is 1.77 bits per heavy atom. The van der Waals surface area contributed by atoms with Gasteiger partial charge < -0.3 is 24.9 Å². The molecule has 0 bridgehead atoms. The summed E-state index contributed by atoms with van der Waals surface area (Å²) in [6.07, 6.45) is 1.49. The summed E-state index contributed by atoms with van der Waals surface area (Å²) >= 11 is 0. The maximum absolute atomic E-state index is 12.9. The number of hydrogen-bond acceptors (Lipinski definition) is 6. The van der Waals surface area contributed by atoms with Crippen molar-refractivity contribution in [3.8, 4) is 17.4 Å².